The minimum Gasteiger partial charge on any atom is -0.331 e. The second-order valence-corrected chi connectivity index (χ2v) is 4.42. The fraction of sp³-hybridized carbons (Fsp3) is 0.333. The summed E-state index contributed by atoms with van der Waals surface area (Å²) in [4.78, 5) is 10.2. The molecular formula is C9H11N2O2S+. The lowest BCUT2D eigenvalue weighted by atomic mass is 10.2. The summed E-state index contributed by atoms with van der Waals surface area (Å²) in [7, 11) is 0. The van der Waals surface area contributed by atoms with Gasteiger partial charge in [0, 0.05) is 23.4 Å². The van der Waals surface area contributed by atoms with Crippen LogP contribution in [-0.4, -0.2) is 17.2 Å². The molecule has 2 rings (SSSR count). The van der Waals surface area contributed by atoms with Gasteiger partial charge in [0.05, 0.1) is 11.5 Å². The summed E-state index contributed by atoms with van der Waals surface area (Å²) in [6.07, 6.45) is 0. The molecule has 0 amide bonds. The molecule has 14 heavy (non-hydrogen) atoms. The molecule has 5 heteroatoms. The van der Waals surface area contributed by atoms with E-state index in [1.807, 2.05) is 17.8 Å². The molecule has 0 spiro atoms. The Morgan fingerprint density at radius 1 is 1.57 bits per heavy atom. The largest absolute Gasteiger partial charge is 0.331 e. The van der Waals surface area contributed by atoms with Crippen LogP contribution in [0.5, 0.6) is 0 Å². The average molecular weight is 211 g/mol. The fourth-order valence-electron chi connectivity index (χ4n) is 1.53. The van der Waals surface area contributed by atoms with E-state index in [-0.39, 0.29) is 10.6 Å². The molecule has 4 nitrogen and oxygen atoms in total. The van der Waals surface area contributed by atoms with Crippen molar-refractivity contribution in [3.8, 4) is 0 Å². The molecule has 1 fully saturated rings. The highest BCUT2D eigenvalue weighted by Gasteiger charge is 2.22. The summed E-state index contributed by atoms with van der Waals surface area (Å²) < 4.78 is 0. The molecule has 0 aromatic heterocycles. The van der Waals surface area contributed by atoms with E-state index in [2.05, 4.69) is 5.32 Å². The molecule has 0 bridgehead atoms. The van der Waals surface area contributed by atoms with Crippen LogP contribution in [-0.2, 0) is 0 Å². The van der Waals surface area contributed by atoms with Crippen LogP contribution < -0.4 is 5.32 Å². The van der Waals surface area contributed by atoms with Gasteiger partial charge in [0.15, 0.2) is 5.37 Å². The summed E-state index contributed by atoms with van der Waals surface area (Å²) in [5, 5.41) is 13.1. The van der Waals surface area contributed by atoms with E-state index < -0.39 is 0 Å². The van der Waals surface area contributed by atoms with Crippen molar-refractivity contribution in [1.82, 2.24) is 0 Å². The Morgan fingerprint density at radius 3 is 3.07 bits per heavy atom. The highest BCUT2D eigenvalue weighted by Crippen LogP contribution is 2.26. The van der Waals surface area contributed by atoms with Gasteiger partial charge in [-0.1, -0.05) is 23.9 Å². The van der Waals surface area contributed by atoms with E-state index in [1.54, 1.807) is 12.1 Å². The van der Waals surface area contributed by atoms with Crippen LogP contribution in [0.2, 0.25) is 0 Å². The van der Waals surface area contributed by atoms with Gasteiger partial charge in [-0.05, 0) is 0 Å². The molecule has 2 N–H and O–H groups in total. The maximum atomic E-state index is 10.6. The number of hydrogen-bond acceptors (Lipinski definition) is 3. The Hall–Kier alpha value is -1.07. The van der Waals surface area contributed by atoms with Crippen LogP contribution in [0.25, 0.3) is 0 Å². The molecule has 1 aliphatic heterocycles. The van der Waals surface area contributed by atoms with Crippen molar-refractivity contribution in [2.24, 2.45) is 0 Å². The molecule has 0 aliphatic carbocycles. The monoisotopic (exact) mass is 211 g/mol. The van der Waals surface area contributed by atoms with E-state index in [1.165, 1.54) is 6.07 Å². The predicted molar refractivity (Wildman–Crippen MR) is 55.1 cm³/mol. The van der Waals surface area contributed by atoms with Crippen LogP contribution in [0.4, 0.5) is 5.69 Å². The maximum Gasteiger partial charge on any atom is 0.269 e. The summed E-state index contributed by atoms with van der Waals surface area (Å²) in [5.74, 6) is 1.12. The first kappa shape index (κ1) is 9.48. The van der Waals surface area contributed by atoms with Gasteiger partial charge in [0.25, 0.3) is 5.69 Å². The molecular weight excluding hydrogens is 200 g/mol. The van der Waals surface area contributed by atoms with E-state index in [0.717, 1.165) is 17.9 Å². The van der Waals surface area contributed by atoms with E-state index in [4.69, 9.17) is 0 Å². The number of nitrogens with zero attached hydrogens (tertiary/aromatic N) is 1. The number of nitrogens with two attached hydrogens (primary N) is 1. The summed E-state index contributed by atoms with van der Waals surface area (Å²) in [5.41, 5.74) is 1.23. The van der Waals surface area contributed by atoms with E-state index >= 15 is 0 Å². The fourth-order valence-corrected chi connectivity index (χ4v) is 2.67. The first-order valence-electron chi connectivity index (χ1n) is 4.46. The third kappa shape index (κ3) is 1.88. The first-order chi connectivity index (χ1) is 6.77. The molecule has 1 saturated heterocycles. The Labute approximate surface area is 85.8 Å². The summed E-state index contributed by atoms with van der Waals surface area (Å²) in [6.45, 7) is 1.10. The van der Waals surface area contributed by atoms with Crippen LogP contribution >= 0.6 is 11.8 Å². The zero-order chi connectivity index (χ0) is 9.97. The minimum atomic E-state index is -0.344. The molecule has 0 radical (unpaired) electrons. The quantitative estimate of drug-likeness (QED) is 0.584. The highest BCUT2D eigenvalue weighted by molar-refractivity contribution is 7.99. The SMILES string of the molecule is O=[N+]([O-])c1cccc([C@H]2[NH2+]CCS2)c1. The zero-order valence-electron chi connectivity index (χ0n) is 7.55. The topological polar surface area (TPSA) is 59.8 Å². The Bertz CT molecular complexity index is 350. The molecule has 1 aromatic carbocycles. The van der Waals surface area contributed by atoms with Crippen molar-refractivity contribution in [3.63, 3.8) is 0 Å². The van der Waals surface area contributed by atoms with Gasteiger partial charge < -0.3 is 5.32 Å². The third-order valence-corrected chi connectivity index (χ3v) is 3.50. The molecule has 0 saturated carbocycles. The number of rotatable bonds is 2. The number of benzene rings is 1. The van der Waals surface area contributed by atoms with Crippen molar-refractivity contribution in [2.75, 3.05) is 12.3 Å². The molecule has 74 valence electrons. The second-order valence-electron chi connectivity index (χ2n) is 3.17. The average Bonchev–Trinajstić information content (AvgIpc) is 2.71. The number of thioether (sulfide) groups is 1. The van der Waals surface area contributed by atoms with Gasteiger partial charge in [0.2, 0.25) is 0 Å². The molecule has 1 atom stereocenters. The molecule has 1 aromatic rings. The van der Waals surface area contributed by atoms with Crippen molar-refractivity contribution in [3.05, 3.63) is 39.9 Å². The lowest BCUT2D eigenvalue weighted by Gasteiger charge is -2.05. The number of quaternary nitrogens is 1. The number of nitro groups is 1. The minimum absolute atomic E-state index is 0.184. The van der Waals surface area contributed by atoms with Crippen molar-refractivity contribution in [1.29, 1.82) is 0 Å². The summed E-state index contributed by atoms with van der Waals surface area (Å²) in [6, 6.07) is 6.90. The van der Waals surface area contributed by atoms with Crippen LogP contribution in [0.3, 0.4) is 0 Å². The number of non-ortho nitro benzene ring substituents is 1. The lowest BCUT2D eigenvalue weighted by Crippen LogP contribution is -2.81. The van der Waals surface area contributed by atoms with E-state index in [0.29, 0.717) is 5.37 Å². The second kappa shape index (κ2) is 3.98. The van der Waals surface area contributed by atoms with Crippen LogP contribution in [0, 0.1) is 10.1 Å². The van der Waals surface area contributed by atoms with Gasteiger partial charge in [-0.2, -0.15) is 0 Å². The Balaban J connectivity index is 2.25. The van der Waals surface area contributed by atoms with Gasteiger partial charge >= 0.3 is 0 Å². The lowest BCUT2D eigenvalue weighted by molar-refractivity contribution is -0.663. The van der Waals surface area contributed by atoms with Gasteiger partial charge in [0.1, 0.15) is 0 Å². The predicted octanol–water partition coefficient (Wildman–Crippen LogP) is 0.904. The normalized spacial score (nSPS) is 21.0. The Morgan fingerprint density at radius 2 is 2.43 bits per heavy atom. The van der Waals surface area contributed by atoms with Crippen molar-refractivity contribution < 1.29 is 10.2 Å². The van der Waals surface area contributed by atoms with Gasteiger partial charge in [-0.15, -0.1) is 0 Å². The van der Waals surface area contributed by atoms with Crippen molar-refractivity contribution in [2.45, 2.75) is 5.37 Å². The molecule has 1 aliphatic rings. The third-order valence-electron chi connectivity index (χ3n) is 2.21. The smallest absolute Gasteiger partial charge is 0.269 e. The number of nitro benzene ring substituents is 1. The first-order valence-corrected chi connectivity index (χ1v) is 5.51. The zero-order valence-corrected chi connectivity index (χ0v) is 8.37. The van der Waals surface area contributed by atoms with Gasteiger partial charge in [-0.3, -0.25) is 10.1 Å². The Kier molecular flexibility index (Phi) is 2.69. The summed E-state index contributed by atoms with van der Waals surface area (Å²) >= 11 is 1.84. The standard InChI is InChI=1S/C9H10N2O2S/c12-11(13)8-3-1-2-7(6-8)9-10-4-5-14-9/h1-3,6,9-10H,4-5H2/p+1/t9-/m0/s1. The maximum absolute atomic E-state index is 10.6. The van der Waals surface area contributed by atoms with Gasteiger partial charge in [-0.25, -0.2) is 0 Å². The van der Waals surface area contributed by atoms with Crippen molar-refractivity contribution >= 4 is 17.4 Å². The van der Waals surface area contributed by atoms with E-state index in [9.17, 15) is 10.1 Å². The number of hydrogen-bond donors (Lipinski definition) is 1. The van der Waals surface area contributed by atoms with Crippen LogP contribution in [0.15, 0.2) is 24.3 Å². The van der Waals surface area contributed by atoms with Crippen LogP contribution in [0.1, 0.15) is 10.9 Å². The highest BCUT2D eigenvalue weighted by atomic mass is 32.2. The molecule has 0 unspecified atom stereocenters. The molecule has 1 heterocycles.